The largest absolute Gasteiger partial charge is 0.454 e. The first-order valence-corrected chi connectivity index (χ1v) is 8.59. The first-order chi connectivity index (χ1) is 12.2. The molecule has 2 heterocycles. The van der Waals surface area contributed by atoms with Gasteiger partial charge in [-0.1, -0.05) is 6.07 Å². The molecule has 0 unspecified atom stereocenters. The molecule has 2 aromatic carbocycles. The number of benzene rings is 2. The fraction of sp³-hybridized carbons (Fsp3) is 0.368. The Morgan fingerprint density at radius 2 is 1.68 bits per heavy atom. The first kappa shape index (κ1) is 16.2. The lowest BCUT2D eigenvalue weighted by molar-refractivity contribution is 0.173. The van der Waals surface area contributed by atoms with E-state index in [2.05, 4.69) is 15.9 Å². The van der Waals surface area contributed by atoms with Crippen molar-refractivity contribution in [3.05, 3.63) is 53.8 Å². The number of ether oxygens (including phenoxy) is 2. The fourth-order valence-electron chi connectivity index (χ4n) is 3.56. The van der Waals surface area contributed by atoms with Crippen LogP contribution in [0.3, 0.4) is 0 Å². The number of halogens is 1. The summed E-state index contributed by atoms with van der Waals surface area (Å²) in [5, 5.41) is 0. The Bertz CT molecular complexity index is 730. The predicted molar refractivity (Wildman–Crippen MR) is 94.5 cm³/mol. The molecule has 0 radical (unpaired) electrons. The third-order valence-electron chi connectivity index (χ3n) is 4.95. The van der Waals surface area contributed by atoms with Crippen LogP contribution in [0.15, 0.2) is 42.5 Å². The molecule has 25 heavy (non-hydrogen) atoms. The van der Waals surface area contributed by atoms with E-state index in [1.165, 1.54) is 12.1 Å². The van der Waals surface area contributed by atoms with Gasteiger partial charge in [-0.2, -0.15) is 0 Å². The number of nitrogens with two attached hydrogens (primary N) is 1. The molecule has 5 nitrogen and oxygen atoms in total. The van der Waals surface area contributed by atoms with Gasteiger partial charge in [0.1, 0.15) is 5.82 Å². The second-order valence-corrected chi connectivity index (χ2v) is 6.36. The summed E-state index contributed by atoms with van der Waals surface area (Å²) >= 11 is 0. The zero-order valence-electron chi connectivity index (χ0n) is 14.0. The minimum absolute atomic E-state index is 0.157. The van der Waals surface area contributed by atoms with E-state index in [9.17, 15) is 4.39 Å². The number of fused-ring (bicyclic) bond motifs is 1. The first-order valence-electron chi connectivity index (χ1n) is 8.59. The van der Waals surface area contributed by atoms with E-state index < -0.39 is 0 Å². The molecule has 4 rings (SSSR count). The Kier molecular flexibility index (Phi) is 4.46. The van der Waals surface area contributed by atoms with Crippen LogP contribution in [0, 0.1) is 5.82 Å². The van der Waals surface area contributed by atoms with Gasteiger partial charge in [0, 0.05) is 44.5 Å². The highest BCUT2D eigenvalue weighted by Gasteiger charge is 2.26. The van der Waals surface area contributed by atoms with Gasteiger partial charge >= 0.3 is 0 Å². The molecule has 2 aromatic rings. The van der Waals surface area contributed by atoms with Gasteiger partial charge in [0.05, 0.1) is 0 Å². The second kappa shape index (κ2) is 6.90. The van der Waals surface area contributed by atoms with Crippen LogP contribution in [0.4, 0.5) is 10.1 Å². The van der Waals surface area contributed by atoms with Crippen molar-refractivity contribution in [2.24, 2.45) is 5.73 Å². The number of anilines is 1. The van der Waals surface area contributed by atoms with E-state index in [1.54, 1.807) is 0 Å². The molecular weight excluding hydrogens is 321 g/mol. The smallest absolute Gasteiger partial charge is 0.231 e. The van der Waals surface area contributed by atoms with Crippen LogP contribution in [0.25, 0.3) is 0 Å². The van der Waals surface area contributed by atoms with E-state index >= 15 is 0 Å². The van der Waals surface area contributed by atoms with Crippen molar-refractivity contribution in [1.82, 2.24) is 4.90 Å². The Labute approximate surface area is 146 Å². The number of hydrogen-bond acceptors (Lipinski definition) is 5. The normalized spacial score (nSPS) is 18.4. The zero-order valence-corrected chi connectivity index (χ0v) is 14.0. The van der Waals surface area contributed by atoms with E-state index in [0.29, 0.717) is 6.54 Å². The average molecular weight is 343 g/mol. The topological polar surface area (TPSA) is 51.0 Å². The summed E-state index contributed by atoms with van der Waals surface area (Å²) in [5.41, 5.74) is 8.29. The summed E-state index contributed by atoms with van der Waals surface area (Å²) in [4.78, 5) is 4.68. The van der Waals surface area contributed by atoms with Crippen LogP contribution in [0.2, 0.25) is 0 Å². The lowest BCUT2D eigenvalue weighted by Gasteiger charge is -2.40. The van der Waals surface area contributed by atoms with Crippen LogP contribution in [0.1, 0.15) is 11.6 Å². The van der Waals surface area contributed by atoms with Crippen LogP contribution >= 0.6 is 0 Å². The molecule has 0 spiro atoms. The van der Waals surface area contributed by atoms with Gasteiger partial charge in [-0.25, -0.2) is 4.39 Å². The number of piperazine rings is 1. The van der Waals surface area contributed by atoms with Gasteiger partial charge in [0.15, 0.2) is 11.5 Å². The lowest BCUT2D eigenvalue weighted by atomic mass is 10.0. The summed E-state index contributed by atoms with van der Waals surface area (Å²) in [6.07, 6.45) is 0. The molecule has 0 saturated carbocycles. The van der Waals surface area contributed by atoms with Crippen molar-refractivity contribution < 1.29 is 13.9 Å². The summed E-state index contributed by atoms with van der Waals surface area (Å²) in [7, 11) is 0. The van der Waals surface area contributed by atoms with Crippen LogP contribution in [-0.4, -0.2) is 44.4 Å². The van der Waals surface area contributed by atoms with Crippen molar-refractivity contribution in [2.45, 2.75) is 6.04 Å². The molecule has 2 aliphatic rings. The minimum Gasteiger partial charge on any atom is -0.454 e. The van der Waals surface area contributed by atoms with Crippen molar-refractivity contribution in [1.29, 1.82) is 0 Å². The summed E-state index contributed by atoms with van der Waals surface area (Å²) in [6, 6.07) is 12.9. The Morgan fingerprint density at radius 3 is 2.40 bits per heavy atom. The standard InChI is InChI=1S/C19H22FN3O2/c20-15-2-4-16(5-3-15)22-7-9-23(10-8-22)17(12-21)14-1-6-18-19(11-14)25-13-24-18/h1-6,11,17H,7-10,12-13,21H2/t17-/m0/s1. The maximum Gasteiger partial charge on any atom is 0.231 e. The highest BCUT2D eigenvalue weighted by Crippen LogP contribution is 2.35. The third-order valence-corrected chi connectivity index (χ3v) is 4.95. The molecule has 132 valence electrons. The van der Waals surface area contributed by atoms with Crippen molar-refractivity contribution >= 4 is 5.69 Å². The van der Waals surface area contributed by atoms with Crippen molar-refractivity contribution in [3.63, 3.8) is 0 Å². The maximum absolute atomic E-state index is 13.1. The van der Waals surface area contributed by atoms with Crippen LogP contribution < -0.4 is 20.1 Å². The molecule has 0 aliphatic carbocycles. The van der Waals surface area contributed by atoms with E-state index in [0.717, 1.165) is 48.9 Å². The molecule has 1 atom stereocenters. The van der Waals surface area contributed by atoms with Gasteiger partial charge in [-0.15, -0.1) is 0 Å². The molecule has 1 fully saturated rings. The number of rotatable bonds is 4. The quantitative estimate of drug-likeness (QED) is 0.924. The highest BCUT2D eigenvalue weighted by molar-refractivity contribution is 5.47. The molecule has 0 aromatic heterocycles. The lowest BCUT2D eigenvalue weighted by Crippen LogP contribution is -2.49. The summed E-state index contributed by atoms with van der Waals surface area (Å²) in [6.45, 7) is 4.44. The molecule has 1 saturated heterocycles. The van der Waals surface area contributed by atoms with Crippen molar-refractivity contribution in [3.8, 4) is 11.5 Å². The van der Waals surface area contributed by atoms with E-state index in [4.69, 9.17) is 15.2 Å². The molecule has 0 amide bonds. The summed E-state index contributed by atoms with van der Waals surface area (Å²) < 4.78 is 24.0. The molecule has 6 heteroatoms. The Balaban J connectivity index is 1.44. The van der Waals surface area contributed by atoms with Gasteiger partial charge in [-0.05, 0) is 42.0 Å². The minimum atomic E-state index is -0.201. The monoisotopic (exact) mass is 343 g/mol. The SMILES string of the molecule is NC[C@@H](c1ccc2c(c1)OCO2)N1CCN(c2ccc(F)cc2)CC1. The van der Waals surface area contributed by atoms with Crippen LogP contribution in [0.5, 0.6) is 11.5 Å². The van der Waals surface area contributed by atoms with Gasteiger partial charge in [0.25, 0.3) is 0 Å². The number of hydrogen-bond donors (Lipinski definition) is 1. The summed E-state index contributed by atoms with van der Waals surface area (Å²) in [5.74, 6) is 1.38. The van der Waals surface area contributed by atoms with Gasteiger partial charge < -0.3 is 20.1 Å². The predicted octanol–water partition coefficient (Wildman–Crippen LogP) is 2.38. The highest BCUT2D eigenvalue weighted by atomic mass is 19.1. The van der Waals surface area contributed by atoms with E-state index in [1.807, 2.05) is 24.3 Å². The van der Waals surface area contributed by atoms with Gasteiger partial charge in [-0.3, -0.25) is 4.90 Å². The van der Waals surface area contributed by atoms with E-state index in [-0.39, 0.29) is 18.7 Å². The zero-order chi connectivity index (χ0) is 17.2. The Hall–Kier alpha value is -2.31. The third kappa shape index (κ3) is 3.27. The van der Waals surface area contributed by atoms with Crippen molar-refractivity contribution in [2.75, 3.05) is 44.4 Å². The number of nitrogens with zero attached hydrogens (tertiary/aromatic N) is 2. The Morgan fingerprint density at radius 1 is 0.960 bits per heavy atom. The van der Waals surface area contributed by atoms with Gasteiger partial charge in [0.2, 0.25) is 6.79 Å². The average Bonchev–Trinajstić information content (AvgIpc) is 3.12. The fourth-order valence-corrected chi connectivity index (χ4v) is 3.56. The maximum atomic E-state index is 13.1. The molecule has 2 aliphatic heterocycles. The molecule has 2 N–H and O–H groups in total. The molecule has 0 bridgehead atoms. The van der Waals surface area contributed by atoms with Crippen LogP contribution in [-0.2, 0) is 0 Å². The molecular formula is C19H22FN3O2. The second-order valence-electron chi connectivity index (χ2n) is 6.36.